The average molecular weight is 394 g/mol. The largest absolute Gasteiger partial charge is 0.481 e. The van der Waals surface area contributed by atoms with Crippen molar-refractivity contribution in [1.29, 1.82) is 5.26 Å². The topological polar surface area (TPSA) is 102 Å². The number of aryl methyl sites for hydroxylation is 1. The minimum atomic E-state index is -0.817. The van der Waals surface area contributed by atoms with Gasteiger partial charge in [0, 0.05) is 29.3 Å². The summed E-state index contributed by atoms with van der Waals surface area (Å²) in [6, 6.07) is 7.52. The van der Waals surface area contributed by atoms with Crippen molar-refractivity contribution in [2.75, 3.05) is 11.9 Å². The van der Waals surface area contributed by atoms with Gasteiger partial charge in [-0.3, -0.25) is 9.59 Å². The van der Waals surface area contributed by atoms with Crippen molar-refractivity contribution in [3.63, 3.8) is 0 Å². The summed E-state index contributed by atoms with van der Waals surface area (Å²) < 4.78 is 0.954. The summed E-state index contributed by atoms with van der Waals surface area (Å²) in [5, 5.41) is 23.2. The smallest absolute Gasteiger partial charge is 0.303 e. The van der Waals surface area contributed by atoms with Gasteiger partial charge in [-0.15, -0.1) is 0 Å². The van der Waals surface area contributed by atoms with Crippen molar-refractivity contribution in [3.05, 3.63) is 40.0 Å². The van der Waals surface area contributed by atoms with E-state index in [0.29, 0.717) is 25.8 Å². The van der Waals surface area contributed by atoms with Crippen LogP contribution in [0.1, 0.15) is 31.2 Å². The fourth-order valence-electron chi connectivity index (χ4n) is 1.96. The fourth-order valence-corrected chi connectivity index (χ4v) is 2.44. The Morgan fingerprint density at radius 3 is 2.71 bits per heavy atom. The summed E-state index contributed by atoms with van der Waals surface area (Å²) >= 11 is 3.38. The number of nitrogens with zero attached hydrogens (tertiary/aromatic N) is 1. The van der Waals surface area contributed by atoms with E-state index in [4.69, 9.17) is 10.4 Å². The number of nitriles is 1. The van der Waals surface area contributed by atoms with E-state index in [1.54, 1.807) is 0 Å². The van der Waals surface area contributed by atoms with E-state index in [0.717, 1.165) is 15.7 Å². The second-order valence-electron chi connectivity index (χ2n) is 5.23. The van der Waals surface area contributed by atoms with Crippen molar-refractivity contribution >= 4 is 33.5 Å². The van der Waals surface area contributed by atoms with Crippen molar-refractivity contribution in [3.8, 4) is 6.07 Å². The van der Waals surface area contributed by atoms with Crippen molar-refractivity contribution < 1.29 is 14.7 Å². The number of rotatable bonds is 9. The number of anilines is 1. The first kappa shape index (κ1) is 19.7. The summed E-state index contributed by atoms with van der Waals surface area (Å²) in [7, 11) is 0. The monoisotopic (exact) mass is 393 g/mol. The Bertz CT molecular complexity index is 666. The standard InChI is InChI=1S/C17H20BrN3O3/c1-12-9-14(18)6-7-15(12)21-11-13(10-19)17(24)20-8-4-2-3-5-16(22)23/h6-7,9,11,21H,2-5,8H2,1H3,(H,20,24)(H,22,23)/b13-11-. The van der Waals surface area contributed by atoms with Gasteiger partial charge in [-0.05, 0) is 43.5 Å². The highest BCUT2D eigenvalue weighted by molar-refractivity contribution is 9.10. The highest BCUT2D eigenvalue weighted by atomic mass is 79.9. The van der Waals surface area contributed by atoms with E-state index in [1.165, 1.54) is 6.20 Å². The molecule has 0 atom stereocenters. The highest BCUT2D eigenvalue weighted by Crippen LogP contribution is 2.20. The molecule has 0 saturated heterocycles. The zero-order valence-electron chi connectivity index (χ0n) is 13.4. The zero-order valence-corrected chi connectivity index (χ0v) is 15.0. The molecule has 1 amide bonds. The van der Waals surface area contributed by atoms with Gasteiger partial charge < -0.3 is 15.7 Å². The number of unbranched alkanes of at least 4 members (excludes halogenated alkanes) is 2. The SMILES string of the molecule is Cc1cc(Br)ccc1N/C=C(/C#N)C(=O)NCCCCCC(=O)O. The number of carbonyl (C=O) groups excluding carboxylic acids is 1. The molecular formula is C17H20BrN3O3. The Balaban J connectivity index is 2.45. The van der Waals surface area contributed by atoms with Crippen LogP contribution in [-0.2, 0) is 9.59 Å². The minimum Gasteiger partial charge on any atom is -0.481 e. The lowest BCUT2D eigenvalue weighted by Gasteiger charge is -2.07. The Morgan fingerprint density at radius 2 is 2.08 bits per heavy atom. The van der Waals surface area contributed by atoms with Gasteiger partial charge in [-0.2, -0.15) is 5.26 Å². The molecule has 7 heteroatoms. The molecule has 128 valence electrons. The molecular weight excluding hydrogens is 374 g/mol. The molecule has 1 rings (SSSR count). The molecule has 0 spiro atoms. The minimum absolute atomic E-state index is 0.0112. The van der Waals surface area contributed by atoms with E-state index in [2.05, 4.69) is 26.6 Å². The second kappa shape index (κ2) is 10.4. The number of nitrogens with one attached hydrogen (secondary N) is 2. The third kappa shape index (κ3) is 7.29. The van der Waals surface area contributed by atoms with Crippen LogP contribution in [0, 0.1) is 18.3 Å². The first-order valence-electron chi connectivity index (χ1n) is 7.57. The van der Waals surface area contributed by atoms with Crippen LogP contribution in [0.4, 0.5) is 5.69 Å². The molecule has 0 saturated carbocycles. The lowest BCUT2D eigenvalue weighted by Crippen LogP contribution is -2.26. The van der Waals surface area contributed by atoms with Crippen LogP contribution in [0.25, 0.3) is 0 Å². The van der Waals surface area contributed by atoms with Crippen LogP contribution in [-0.4, -0.2) is 23.5 Å². The molecule has 0 radical (unpaired) electrons. The molecule has 0 fully saturated rings. The Labute approximate surface area is 149 Å². The number of hydrogen-bond acceptors (Lipinski definition) is 4. The molecule has 1 aromatic rings. The first-order valence-corrected chi connectivity index (χ1v) is 8.36. The molecule has 0 bridgehead atoms. The van der Waals surface area contributed by atoms with E-state index >= 15 is 0 Å². The number of amides is 1. The van der Waals surface area contributed by atoms with Gasteiger partial charge >= 0.3 is 5.97 Å². The summed E-state index contributed by atoms with van der Waals surface area (Å²) in [4.78, 5) is 22.3. The normalized spacial score (nSPS) is 10.8. The van der Waals surface area contributed by atoms with Gasteiger partial charge in [-0.1, -0.05) is 22.4 Å². The predicted molar refractivity (Wildman–Crippen MR) is 95.3 cm³/mol. The van der Waals surface area contributed by atoms with Gasteiger partial charge in [-0.25, -0.2) is 0 Å². The van der Waals surface area contributed by atoms with E-state index in [9.17, 15) is 9.59 Å². The summed E-state index contributed by atoms with van der Waals surface area (Å²) in [5.41, 5.74) is 1.78. The molecule has 0 unspecified atom stereocenters. The molecule has 0 aliphatic rings. The molecule has 1 aromatic carbocycles. The highest BCUT2D eigenvalue weighted by Gasteiger charge is 2.08. The Morgan fingerprint density at radius 1 is 1.33 bits per heavy atom. The number of carbonyl (C=O) groups is 2. The fraction of sp³-hybridized carbons (Fsp3) is 0.353. The van der Waals surface area contributed by atoms with E-state index < -0.39 is 11.9 Å². The number of carboxylic acids is 1. The van der Waals surface area contributed by atoms with E-state index in [1.807, 2.05) is 31.2 Å². The first-order chi connectivity index (χ1) is 11.4. The lowest BCUT2D eigenvalue weighted by atomic mass is 10.2. The van der Waals surface area contributed by atoms with Gasteiger partial charge in [0.1, 0.15) is 11.6 Å². The summed E-state index contributed by atoms with van der Waals surface area (Å²) in [6.07, 6.45) is 3.49. The number of hydrogen-bond donors (Lipinski definition) is 3. The zero-order chi connectivity index (χ0) is 17.9. The van der Waals surface area contributed by atoms with Crippen molar-refractivity contribution in [2.24, 2.45) is 0 Å². The maximum Gasteiger partial charge on any atom is 0.303 e. The van der Waals surface area contributed by atoms with Crippen LogP contribution in [0.5, 0.6) is 0 Å². The predicted octanol–water partition coefficient (Wildman–Crippen LogP) is 3.34. The van der Waals surface area contributed by atoms with E-state index in [-0.39, 0.29) is 12.0 Å². The average Bonchev–Trinajstić information content (AvgIpc) is 2.52. The molecule has 24 heavy (non-hydrogen) atoms. The summed E-state index contributed by atoms with van der Waals surface area (Å²) in [6.45, 7) is 2.33. The van der Waals surface area contributed by atoms with Crippen LogP contribution < -0.4 is 10.6 Å². The van der Waals surface area contributed by atoms with Gasteiger partial charge in [0.25, 0.3) is 5.91 Å². The van der Waals surface area contributed by atoms with Gasteiger partial charge in [0.15, 0.2) is 0 Å². The lowest BCUT2D eigenvalue weighted by molar-refractivity contribution is -0.137. The molecule has 0 aromatic heterocycles. The Kier molecular flexibility index (Phi) is 8.58. The third-order valence-electron chi connectivity index (χ3n) is 3.28. The molecule has 0 heterocycles. The van der Waals surface area contributed by atoms with Crippen molar-refractivity contribution in [2.45, 2.75) is 32.6 Å². The number of benzene rings is 1. The number of aliphatic carboxylic acids is 1. The Hall–Kier alpha value is -2.33. The molecule has 0 aliphatic carbocycles. The maximum absolute atomic E-state index is 11.9. The quantitative estimate of drug-likeness (QED) is 0.339. The third-order valence-corrected chi connectivity index (χ3v) is 3.77. The second-order valence-corrected chi connectivity index (χ2v) is 6.15. The van der Waals surface area contributed by atoms with Crippen molar-refractivity contribution in [1.82, 2.24) is 5.32 Å². The molecule has 3 N–H and O–H groups in total. The van der Waals surface area contributed by atoms with Gasteiger partial charge in [0.2, 0.25) is 0 Å². The van der Waals surface area contributed by atoms with Gasteiger partial charge in [0.05, 0.1) is 0 Å². The van der Waals surface area contributed by atoms with Crippen LogP contribution in [0.3, 0.4) is 0 Å². The maximum atomic E-state index is 11.9. The van der Waals surface area contributed by atoms with Crippen LogP contribution >= 0.6 is 15.9 Å². The molecule has 0 aliphatic heterocycles. The van der Waals surface area contributed by atoms with Crippen LogP contribution in [0.2, 0.25) is 0 Å². The summed E-state index contributed by atoms with van der Waals surface area (Å²) in [5.74, 6) is -1.26. The number of carboxylic acid groups (broad SMARTS) is 1. The number of halogens is 1. The molecule has 6 nitrogen and oxygen atoms in total. The van der Waals surface area contributed by atoms with Crippen LogP contribution in [0.15, 0.2) is 34.4 Å².